The average molecular weight is 1390 g/mol. The number of amides is 1. The summed E-state index contributed by atoms with van der Waals surface area (Å²) in [6.07, 6.45) is 2.56. The average Bonchev–Trinajstić information content (AvgIpc) is 1.01. The molecule has 6 heterocycles. The molecule has 12 aromatic rings. The lowest BCUT2D eigenvalue weighted by Gasteiger charge is -2.35. The van der Waals surface area contributed by atoms with E-state index in [9.17, 15) is 9.59 Å². The monoisotopic (exact) mass is 1390 g/mol. The second-order valence-electron chi connectivity index (χ2n) is 26.7. The van der Waals surface area contributed by atoms with Crippen molar-refractivity contribution < 1.29 is 19.1 Å². The van der Waals surface area contributed by atoms with E-state index in [2.05, 4.69) is 210 Å². The largest absolute Gasteiger partial charge is 0.465 e. The fourth-order valence-corrected chi connectivity index (χ4v) is 14.3. The molecule has 0 aliphatic carbocycles. The molecule has 3 unspecified atom stereocenters. The SMILES string of the molecule is C.C1CCOC1.COC(=O)c1cccc(Nc2cc(C)nc3ccccc23)c1.Cc1cc(Nc2cccc(C(=O)NCCN3Cc4ccccc4C(c4ccccc4)C3)c2)c2ccccc2n1.N#CCN1Cc2ccccc2C(c2ccccc2)C1.NCCN1Cc2ccccc2C(c2ccccc2)C1. The smallest absolute Gasteiger partial charge is 0.337 e. The van der Waals surface area contributed by atoms with Crippen molar-refractivity contribution >= 4 is 56.4 Å². The standard InChI is InChI=1S/C34H32N4O.C18H16N2O2.C17H20N2.C17H16N2.C4H8O.CH4/c1-24-20-33(30-16-7-8-17-32(30)36-24)37-28-14-9-13-26(21-28)34(39)35-18-19-38-22-27-12-5-6-15-29(27)31(23-38)25-10-3-2-4-11-25;1-12-10-17(15-8-3-4-9-16(15)19-12)20-14-7-5-6-13(11-14)18(21)22-2;2*18-10-11-19-12-15-8-4-5-9-16(15)17(13-19)14-6-2-1-3-7-14;1-2-4-5-3-1;/h2-17,20-21,31H,18-19,22-23H2,1H3,(H,35,39)(H,36,37);3-11H,1-2H3,(H,19,20);1-9,17H,10-13,18H2;1-9,17H,11-13H2;1-4H2;1H4. The molecule has 0 saturated carbocycles. The third-order valence-electron chi connectivity index (χ3n) is 19.3. The summed E-state index contributed by atoms with van der Waals surface area (Å²) in [5.74, 6) is 0.769. The van der Waals surface area contributed by atoms with Gasteiger partial charge in [0, 0.05) is 147 Å². The fourth-order valence-electron chi connectivity index (χ4n) is 14.3. The van der Waals surface area contributed by atoms with E-state index in [0.29, 0.717) is 42.0 Å². The van der Waals surface area contributed by atoms with Crippen molar-refractivity contribution in [3.05, 3.63) is 346 Å². The summed E-state index contributed by atoms with van der Waals surface area (Å²) in [5, 5.41) is 21.0. The van der Waals surface area contributed by atoms with Crippen LogP contribution in [0.1, 0.15) is 120 Å². The van der Waals surface area contributed by atoms with Crippen molar-refractivity contribution in [2.45, 2.75) is 71.5 Å². The highest BCUT2D eigenvalue weighted by molar-refractivity contribution is 5.97. The maximum Gasteiger partial charge on any atom is 0.337 e. The van der Waals surface area contributed by atoms with Gasteiger partial charge in [-0.25, -0.2) is 4.79 Å². The number of methoxy groups -OCH3 is 1. The van der Waals surface area contributed by atoms with E-state index in [4.69, 9.17) is 20.5 Å². The summed E-state index contributed by atoms with van der Waals surface area (Å²) < 4.78 is 9.70. The third kappa shape index (κ3) is 20.2. The summed E-state index contributed by atoms with van der Waals surface area (Å²) >= 11 is 0. The van der Waals surface area contributed by atoms with Gasteiger partial charge in [0.1, 0.15) is 0 Å². The van der Waals surface area contributed by atoms with Crippen LogP contribution in [0, 0.1) is 25.2 Å². The molecule has 3 atom stereocenters. The molecule has 14 heteroatoms. The first-order chi connectivity index (χ1) is 51.1. The molecule has 4 aliphatic heterocycles. The van der Waals surface area contributed by atoms with Crippen LogP contribution >= 0.6 is 0 Å². The van der Waals surface area contributed by atoms with Crippen LogP contribution in [0.25, 0.3) is 21.8 Å². The first kappa shape index (κ1) is 75.0. The minimum absolute atomic E-state index is 0. The van der Waals surface area contributed by atoms with Crippen LogP contribution in [0.15, 0.2) is 273 Å². The maximum atomic E-state index is 13.1. The number of nitrogens with one attached hydrogen (secondary N) is 3. The number of benzene rings is 10. The van der Waals surface area contributed by atoms with Crippen LogP contribution < -0.4 is 21.7 Å². The summed E-state index contributed by atoms with van der Waals surface area (Å²) in [5.41, 5.74) is 26.8. The quantitative estimate of drug-likeness (QED) is 0.0564. The van der Waals surface area contributed by atoms with Crippen LogP contribution in [0.2, 0.25) is 0 Å². The van der Waals surface area contributed by atoms with Crippen LogP contribution in [0.3, 0.4) is 0 Å². The second kappa shape index (κ2) is 37.9. The lowest BCUT2D eigenvalue weighted by molar-refractivity contribution is 0.0600. The molecular formula is C91H96N10O4. The van der Waals surface area contributed by atoms with Gasteiger partial charge in [0.05, 0.1) is 36.3 Å². The Labute approximate surface area is 619 Å². The van der Waals surface area contributed by atoms with Crippen molar-refractivity contribution in [3.8, 4) is 6.07 Å². The molecule has 5 N–H and O–H groups in total. The van der Waals surface area contributed by atoms with Gasteiger partial charge in [0.15, 0.2) is 0 Å². The first-order valence-corrected chi connectivity index (χ1v) is 36.1. The Kier molecular flexibility index (Phi) is 27.0. The highest BCUT2D eigenvalue weighted by Gasteiger charge is 2.29. The number of ether oxygens (including phenoxy) is 2. The van der Waals surface area contributed by atoms with Crippen molar-refractivity contribution in [1.29, 1.82) is 5.26 Å². The molecule has 1 fully saturated rings. The molecule has 16 rings (SSSR count). The van der Waals surface area contributed by atoms with Crippen LogP contribution in [0.5, 0.6) is 0 Å². The molecule has 14 nitrogen and oxygen atoms in total. The van der Waals surface area contributed by atoms with Crippen LogP contribution in [0.4, 0.5) is 22.7 Å². The molecule has 2 aromatic heterocycles. The van der Waals surface area contributed by atoms with E-state index in [-0.39, 0.29) is 19.3 Å². The Balaban J connectivity index is 0.000000143. The molecule has 0 bridgehead atoms. The molecule has 0 radical (unpaired) electrons. The van der Waals surface area contributed by atoms with Gasteiger partial charge in [-0.1, -0.05) is 220 Å². The van der Waals surface area contributed by atoms with E-state index in [0.717, 1.165) is 128 Å². The number of rotatable bonds is 15. The predicted molar refractivity (Wildman–Crippen MR) is 428 cm³/mol. The van der Waals surface area contributed by atoms with Crippen molar-refractivity contribution in [1.82, 2.24) is 30.0 Å². The number of nitrogens with zero attached hydrogens (tertiary/aromatic N) is 6. The summed E-state index contributed by atoms with van der Waals surface area (Å²) in [4.78, 5) is 41.0. The number of anilines is 4. The first-order valence-electron chi connectivity index (χ1n) is 36.1. The minimum Gasteiger partial charge on any atom is -0.465 e. The summed E-state index contributed by atoms with van der Waals surface area (Å²) in [6, 6.07) is 95.4. The molecule has 534 valence electrons. The zero-order chi connectivity index (χ0) is 71.8. The van der Waals surface area contributed by atoms with Gasteiger partial charge in [-0.2, -0.15) is 5.26 Å². The van der Waals surface area contributed by atoms with Gasteiger partial charge in [-0.3, -0.25) is 29.5 Å². The Morgan fingerprint density at radius 2 is 0.895 bits per heavy atom. The van der Waals surface area contributed by atoms with Crippen molar-refractivity contribution in [2.75, 3.05) is 83.3 Å². The Hall–Kier alpha value is -11.2. The molecular weight excluding hydrogens is 1300 g/mol. The molecule has 0 spiro atoms. The van der Waals surface area contributed by atoms with E-state index in [1.54, 1.807) is 12.1 Å². The predicted octanol–water partition coefficient (Wildman–Crippen LogP) is 17.9. The lowest BCUT2D eigenvalue weighted by atomic mass is 9.85. The molecule has 10 aromatic carbocycles. The molecule has 1 saturated heterocycles. The number of nitrogens with two attached hydrogens (primary N) is 1. The van der Waals surface area contributed by atoms with Crippen LogP contribution in [-0.4, -0.2) is 109 Å². The zero-order valence-electron chi connectivity index (χ0n) is 59.7. The number of fused-ring (bicyclic) bond motifs is 5. The summed E-state index contributed by atoms with van der Waals surface area (Å²) in [6.45, 7) is 15.3. The number of aromatic nitrogens is 2. The topological polar surface area (TPSA) is 174 Å². The number of hydrogen-bond donors (Lipinski definition) is 4. The second-order valence-corrected chi connectivity index (χ2v) is 26.7. The highest BCUT2D eigenvalue weighted by atomic mass is 16.5. The van der Waals surface area contributed by atoms with Gasteiger partial charge >= 0.3 is 5.97 Å². The number of aryl methyl sites for hydroxylation is 2. The molecule has 4 aliphatic rings. The Bertz CT molecular complexity index is 4830. The maximum absolute atomic E-state index is 13.1. The zero-order valence-corrected chi connectivity index (χ0v) is 59.7. The van der Waals surface area contributed by atoms with Crippen molar-refractivity contribution in [3.63, 3.8) is 0 Å². The van der Waals surface area contributed by atoms with Gasteiger partial charge < -0.3 is 31.2 Å². The van der Waals surface area contributed by atoms with Crippen LogP contribution in [-0.2, 0) is 29.1 Å². The van der Waals surface area contributed by atoms with E-state index >= 15 is 0 Å². The highest BCUT2D eigenvalue weighted by Crippen LogP contribution is 2.37. The third-order valence-corrected chi connectivity index (χ3v) is 19.3. The van der Waals surface area contributed by atoms with E-state index in [1.807, 2.05) is 111 Å². The lowest BCUT2D eigenvalue weighted by Crippen LogP contribution is -2.39. The Morgan fingerprint density at radius 1 is 0.495 bits per heavy atom. The fraction of sp³-hybridized carbons (Fsp3) is 0.242. The van der Waals surface area contributed by atoms with Crippen molar-refractivity contribution in [2.24, 2.45) is 5.73 Å². The number of carbonyl (C=O) groups excluding carboxylic acids is 2. The van der Waals surface area contributed by atoms with Gasteiger partial charge in [-0.15, -0.1) is 0 Å². The van der Waals surface area contributed by atoms with Gasteiger partial charge in [0.25, 0.3) is 5.91 Å². The Morgan fingerprint density at radius 3 is 1.33 bits per heavy atom. The normalized spacial score (nSPS) is 15.7. The number of esters is 1. The number of para-hydroxylation sites is 2. The molecule has 105 heavy (non-hydrogen) atoms. The number of nitriles is 1. The van der Waals surface area contributed by atoms with Gasteiger partial charge in [0.2, 0.25) is 0 Å². The number of carbonyl (C=O) groups is 2. The van der Waals surface area contributed by atoms with E-state index in [1.165, 1.54) is 70.0 Å². The number of hydrogen-bond acceptors (Lipinski definition) is 13. The van der Waals surface area contributed by atoms with Gasteiger partial charge in [-0.05, 0) is 137 Å². The summed E-state index contributed by atoms with van der Waals surface area (Å²) in [7, 11) is 1.38. The molecule has 1 amide bonds. The minimum atomic E-state index is -0.348. The van der Waals surface area contributed by atoms with E-state index < -0.39 is 0 Å². The number of pyridine rings is 2.